The van der Waals surface area contributed by atoms with Crippen molar-refractivity contribution in [3.63, 3.8) is 0 Å². The minimum absolute atomic E-state index is 0.531. The molecular weight excluding hydrogens is 222 g/mol. The second kappa shape index (κ2) is 4.38. The molecule has 0 heterocycles. The van der Waals surface area contributed by atoms with E-state index in [-0.39, 0.29) is 0 Å². The van der Waals surface area contributed by atoms with Crippen molar-refractivity contribution in [3.05, 3.63) is 18.2 Å². The highest BCUT2D eigenvalue weighted by Crippen LogP contribution is 2.49. The molecule has 0 spiro atoms. The van der Waals surface area contributed by atoms with Crippen LogP contribution in [0, 0.1) is 17.8 Å². The molecule has 98 valence electrons. The van der Waals surface area contributed by atoms with E-state index >= 15 is 0 Å². The van der Waals surface area contributed by atoms with Crippen LogP contribution in [-0.4, -0.2) is 6.04 Å². The Morgan fingerprint density at radius 2 is 2.00 bits per heavy atom. The van der Waals surface area contributed by atoms with E-state index < -0.39 is 0 Å². The number of fused-ring (bicyclic) bond motifs is 2. The average molecular weight is 245 g/mol. The van der Waals surface area contributed by atoms with E-state index in [2.05, 4.69) is 12.2 Å². The number of hydrogen-bond donors (Lipinski definition) is 3. The van der Waals surface area contributed by atoms with Gasteiger partial charge >= 0.3 is 0 Å². The quantitative estimate of drug-likeness (QED) is 0.717. The van der Waals surface area contributed by atoms with Gasteiger partial charge in [-0.05, 0) is 62.1 Å². The summed E-state index contributed by atoms with van der Waals surface area (Å²) in [5.41, 5.74) is 14.0. The SMILES string of the molecule is CC(Nc1ccc(N)c(N)c1)C1CC2CCC1C2. The Morgan fingerprint density at radius 1 is 1.17 bits per heavy atom. The molecular formula is C15H23N3. The molecule has 1 aromatic rings. The van der Waals surface area contributed by atoms with E-state index in [0.29, 0.717) is 17.4 Å². The molecule has 2 bridgehead atoms. The van der Waals surface area contributed by atoms with Gasteiger partial charge in [0, 0.05) is 11.7 Å². The van der Waals surface area contributed by atoms with Gasteiger partial charge < -0.3 is 16.8 Å². The van der Waals surface area contributed by atoms with Crippen LogP contribution in [0.1, 0.15) is 32.6 Å². The van der Waals surface area contributed by atoms with Crippen LogP contribution in [0.3, 0.4) is 0 Å². The zero-order valence-electron chi connectivity index (χ0n) is 11.0. The molecule has 2 aliphatic rings. The molecule has 18 heavy (non-hydrogen) atoms. The summed E-state index contributed by atoms with van der Waals surface area (Å²) in [4.78, 5) is 0. The maximum Gasteiger partial charge on any atom is 0.0568 e. The summed E-state index contributed by atoms with van der Waals surface area (Å²) in [6.45, 7) is 2.30. The van der Waals surface area contributed by atoms with Gasteiger partial charge in [0.2, 0.25) is 0 Å². The lowest BCUT2D eigenvalue weighted by Crippen LogP contribution is -2.29. The lowest BCUT2D eigenvalue weighted by atomic mass is 9.84. The number of nitrogens with one attached hydrogen (secondary N) is 1. The summed E-state index contributed by atoms with van der Waals surface area (Å²) in [6.07, 6.45) is 5.76. The van der Waals surface area contributed by atoms with Gasteiger partial charge in [-0.1, -0.05) is 6.42 Å². The third kappa shape index (κ3) is 2.02. The maximum absolute atomic E-state index is 5.85. The summed E-state index contributed by atoms with van der Waals surface area (Å²) in [6, 6.07) is 6.38. The molecule has 0 saturated heterocycles. The van der Waals surface area contributed by atoms with Crippen LogP contribution in [0.2, 0.25) is 0 Å². The molecule has 3 nitrogen and oxygen atoms in total. The standard InChI is InChI=1S/C15H23N3/c1-9(13-7-10-2-3-11(13)6-10)18-12-4-5-14(16)15(17)8-12/h4-5,8-11,13,18H,2-3,6-7,16-17H2,1H3. The van der Waals surface area contributed by atoms with Gasteiger partial charge in [0.15, 0.2) is 0 Å². The van der Waals surface area contributed by atoms with Crippen molar-refractivity contribution in [2.75, 3.05) is 16.8 Å². The summed E-state index contributed by atoms with van der Waals surface area (Å²) in [5, 5.41) is 3.60. The molecule has 5 N–H and O–H groups in total. The fourth-order valence-electron chi connectivity index (χ4n) is 3.94. The Kier molecular flexibility index (Phi) is 2.84. The molecule has 3 rings (SSSR count). The molecule has 2 aliphatic carbocycles. The minimum Gasteiger partial charge on any atom is -0.397 e. The summed E-state index contributed by atoms with van der Waals surface area (Å²) < 4.78 is 0. The normalized spacial score (nSPS) is 31.5. The van der Waals surface area contributed by atoms with Gasteiger partial charge in [0.1, 0.15) is 0 Å². The Balaban J connectivity index is 1.67. The highest BCUT2D eigenvalue weighted by molar-refractivity contribution is 5.69. The van der Waals surface area contributed by atoms with Gasteiger partial charge in [-0.25, -0.2) is 0 Å². The van der Waals surface area contributed by atoms with Crippen molar-refractivity contribution < 1.29 is 0 Å². The molecule has 4 atom stereocenters. The molecule has 0 aliphatic heterocycles. The third-order valence-corrected chi connectivity index (χ3v) is 4.92. The first kappa shape index (κ1) is 11.7. The van der Waals surface area contributed by atoms with E-state index in [0.717, 1.165) is 23.4 Å². The zero-order valence-corrected chi connectivity index (χ0v) is 11.0. The highest BCUT2D eigenvalue weighted by atomic mass is 14.9. The number of nitrogen functional groups attached to an aromatic ring is 2. The van der Waals surface area contributed by atoms with E-state index in [9.17, 15) is 0 Å². The second-order valence-corrected chi connectivity index (χ2v) is 6.12. The van der Waals surface area contributed by atoms with Crippen LogP contribution in [-0.2, 0) is 0 Å². The fraction of sp³-hybridized carbons (Fsp3) is 0.600. The average Bonchev–Trinajstić information content (AvgIpc) is 2.96. The summed E-state index contributed by atoms with van der Waals surface area (Å²) in [5.74, 6) is 2.78. The molecule has 0 amide bonds. The first-order chi connectivity index (χ1) is 8.63. The topological polar surface area (TPSA) is 64.1 Å². The summed E-state index contributed by atoms with van der Waals surface area (Å²) in [7, 11) is 0. The minimum atomic E-state index is 0.531. The van der Waals surface area contributed by atoms with Crippen molar-refractivity contribution >= 4 is 17.1 Å². The first-order valence-electron chi connectivity index (χ1n) is 7.05. The van der Waals surface area contributed by atoms with Gasteiger partial charge in [-0.2, -0.15) is 0 Å². The molecule has 0 radical (unpaired) electrons. The van der Waals surface area contributed by atoms with Crippen molar-refractivity contribution in [2.24, 2.45) is 17.8 Å². The fourth-order valence-corrected chi connectivity index (χ4v) is 3.94. The summed E-state index contributed by atoms with van der Waals surface area (Å²) >= 11 is 0. The van der Waals surface area contributed by atoms with Crippen molar-refractivity contribution in [1.29, 1.82) is 0 Å². The number of rotatable bonds is 3. The molecule has 2 saturated carbocycles. The largest absolute Gasteiger partial charge is 0.397 e. The molecule has 1 aromatic carbocycles. The molecule has 3 heteroatoms. The lowest BCUT2D eigenvalue weighted by Gasteiger charge is -2.29. The van der Waals surface area contributed by atoms with Crippen molar-refractivity contribution in [1.82, 2.24) is 0 Å². The first-order valence-corrected chi connectivity index (χ1v) is 7.05. The monoisotopic (exact) mass is 245 g/mol. The van der Waals surface area contributed by atoms with Crippen LogP contribution in [0.5, 0.6) is 0 Å². The second-order valence-electron chi connectivity index (χ2n) is 6.12. The molecule has 2 fully saturated rings. The number of nitrogens with two attached hydrogens (primary N) is 2. The van der Waals surface area contributed by atoms with Gasteiger partial charge in [-0.15, -0.1) is 0 Å². The number of anilines is 3. The van der Waals surface area contributed by atoms with Gasteiger partial charge in [-0.3, -0.25) is 0 Å². The number of hydrogen-bond acceptors (Lipinski definition) is 3. The van der Waals surface area contributed by atoms with Crippen molar-refractivity contribution in [3.8, 4) is 0 Å². The Hall–Kier alpha value is -1.38. The predicted octanol–water partition coefficient (Wildman–Crippen LogP) is 3.09. The molecule has 4 unspecified atom stereocenters. The van der Waals surface area contributed by atoms with E-state index in [1.54, 1.807) is 0 Å². The van der Waals surface area contributed by atoms with Crippen LogP contribution < -0.4 is 16.8 Å². The van der Waals surface area contributed by atoms with E-state index in [1.165, 1.54) is 25.7 Å². The van der Waals surface area contributed by atoms with Crippen LogP contribution in [0.15, 0.2) is 18.2 Å². The van der Waals surface area contributed by atoms with Gasteiger partial charge in [0.25, 0.3) is 0 Å². The van der Waals surface area contributed by atoms with Crippen LogP contribution >= 0.6 is 0 Å². The Morgan fingerprint density at radius 3 is 2.61 bits per heavy atom. The third-order valence-electron chi connectivity index (χ3n) is 4.92. The van der Waals surface area contributed by atoms with E-state index in [4.69, 9.17) is 11.5 Å². The van der Waals surface area contributed by atoms with E-state index in [1.807, 2.05) is 18.2 Å². The van der Waals surface area contributed by atoms with Crippen LogP contribution in [0.4, 0.5) is 17.1 Å². The highest BCUT2D eigenvalue weighted by Gasteiger charge is 2.41. The smallest absolute Gasteiger partial charge is 0.0568 e. The van der Waals surface area contributed by atoms with Crippen molar-refractivity contribution in [2.45, 2.75) is 38.6 Å². The predicted molar refractivity (Wildman–Crippen MR) is 77.3 cm³/mol. The zero-order chi connectivity index (χ0) is 12.7. The molecule has 0 aromatic heterocycles. The number of benzene rings is 1. The Bertz CT molecular complexity index is 443. The van der Waals surface area contributed by atoms with Crippen LogP contribution in [0.25, 0.3) is 0 Å². The Labute approximate surface area is 109 Å². The lowest BCUT2D eigenvalue weighted by molar-refractivity contribution is 0.304. The maximum atomic E-state index is 5.85. The van der Waals surface area contributed by atoms with Gasteiger partial charge in [0.05, 0.1) is 11.4 Å².